The number of hydrogen-bond acceptors (Lipinski definition) is 5. The summed E-state index contributed by atoms with van der Waals surface area (Å²) in [5, 5.41) is 1.28. The van der Waals surface area contributed by atoms with Gasteiger partial charge in [-0.15, -0.1) is 0 Å². The molecule has 142 valence electrons. The van der Waals surface area contributed by atoms with Crippen molar-refractivity contribution < 1.29 is 13.9 Å². The molecule has 4 rings (SSSR count). The lowest BCUT2D eigenvalue weighted by atomic mass is 10.2. The van der Waals surface area contributed by atoms with E-state index in [9.17, 15) is 4.79 Å². The van der Waals surface area contributed by atoms with Crippen LogP contribution in [0.2, 0.25) is 10.0 Å². The molecule has 0 aliphatic heterocycles. The van der Waals surface area contributed by atoms with E-state index in [1.54, 1.807) is 48.6 Å². The molecule has 2 aromatic carbocycles. The van der Waals surface area contributed by atoms with Gasteiger partial charge >= 0.3 is 0 Å². The average Bonchev–Trinajstić information content (AvgIpc) is 3.34. The molecule has 0 fully saturated rings. The molecular weight excluding hydrogens is 419 g/mol. The molecule has 0 saturated carbocycles. The van der Waals surface area contributed by atoms with Gasteiger partial charge in [0.2, 0.25) is 0 Å². The second-order valence-corrected chi connectivity index (χ2v) is 7.78. The lowest BCUT2D eigenvalue weighted by Crippen LogP contribution is -2.30. The van der Waals surface area contributed by atoms with E-state index in [0.717, 1.165) is 10.2 Å². The maximum absolute atomic E-state index is 13.3. The molecule has 2 aromatic heterocycles. The summed E-state index contributed by atoms with van der Waals surface area (Å²) in [7, 11) is 1.60. The summed E-state index contributed by atoms with van der Waals surface area (Å²) >= 11 is 13.6. The zero-order valence-electron chi connectivity index (χ0n) is 14.7. The first-order valence-corrected chi connectivity index (χ1v) is 9.86. The summed E-state index contributed by atoms with van der Waals surface area (Å²) < 4.78 is 11.6. The summed E-state index contributed by atoms with van der Waals surface area (Å²) in [5.41, 5.74) is 1.09. The van der Waals surface area contributed by atoms with Crippen LogP contribution in [0.3, 0.4) is 0 Å². The number of fused-ring (bicyclic) bond motifs is 1. The van der Waals surface area contributed by atoms with E-state index in [1.807, 2.05) is 18.2 Å². The molecule has 1 amide bonds. The highest BCUT2D eigenvalue weighted by Crippen LogP contribution is 2.34. The number of halogens is 2. The van der Waals surface area contributed by atoms with Crippen molar-refractivity contribution in [3.8, 4) is 5.75 Å². The van der Waals surface area contributed by atoms with Crippen LogP contribution >= 0.6 is 34.5 Å². The zero-order chi connectivity index (χ0) is 19.7. The third-order valence-electron chi connectivity index (χ3n) is 4.12. The Morgan fingerprint density at radius 2 is 2.07 bits per heavy atom. The van der Waals surface area contributed by atoms with Gasteiger partial charge in [-0.2, -0.15) is 0 Å². The lowest BCUT2D eigenvalue weighted by Gasteiger charge is -2.19. The Labute approximate surface area is 175 Å². The van der Waals surface area contributed by atoms with Gasteiger partial charge in [0.05, 0.1) is 40.7 Å². The summed E-state index contributed by atoms with van der Waals surface area (Å²) in [4.78, 5) is 19.5. The van der Waals surface area contributed by atoms with E-state index in [0.29, 0.717) is 27.2 Å². The van der Waals surface area contributed by atoms with Crippen molar-refractivity contribution in [1.29, 1.82) is 0 Å². The van der Waals surface area contributed by atoms with Crippen LogP contribution in [0, 0.1) is 0 Å². The second kappa shape index (κ2) is 7.83. The van der Waals surface area contributed by atoms with Gasteiger partial charge in [-0.25, -0.2) is 4.98 Å². The minimum absolute atomic E-state index is 0.224. The molecule has 0 spiro atoms. The Morgan fingerprint density at radius 3 is 2.79 bits per heavy atom. The van der Waals surface area contributed by atoms with E-state index in [4.69, 9.17) is 32.4 Å². The second-order valence-electron chi connectivity index (χ2n) is 5.92. The average molecular weight is 433 g/mol. The van der Waals surface area contributed by atoms with Crippen molar-refractivity contribution in [3.63, 3.8) is 0 Å². The molecule has 0 N–H and O–H groups in total. The highest BCUT2D eigenvalue weighted by molar-refractivity contribution is 7.22. The minimum atomic E-state index is -0.288. The number of methoxy groups -OCH3 is 1. The van der Waals surface area contributed by atoms with Crippen molar-refractivity contribution >= 4 is 55.8 Å². The van der Waals surface area contributed by atoms with Gasteiger partial charge in [0.25, 0.3) is 5.91 Å². The maximum Gasteiger partial charge on any atom is 0.262 e. The van der Waals surface area contributed by atoms with Gasteiger partial charge in [0.15, 0.2) is 5.13 Å². The van der Waals surface area contributed by atoms with Crippen molar-refractivity contribution in [2.75, 3.05) is 12.0 Å². The van der Waals surface area contributed by atoms with Crippen LogP contribution in [-0.4, -0.2) is 18.0 Å². The predicted octanol–water partition coefficient (Wildman–Crippen LogP) is 6.05. The molecule has 4 aromatic rings. The summed E-state index contributed by atoms with van der Waals surface area (Å²) in [6.45, 7) is 0.224. The monoisotopic (exact) mass is 432 g/mol. The number of rotatable bonds is 5. The first kappa shape index (κ1) is 18.8. The SMILES string of the molecule is COc1ccc2sc(N(Cc3ccco3)C(=O)c3ccc(Cl)cc3Cl)nc2c1. The Kier molecular flexibility index (Phi) is 5.26. The topological polar surface area (TPSA) is 55.6 Å². The van der Waals surface area contributed by atoms with E-state index >= 15 is 0 Å². The molecule has 28 heavy (non-hydrogen) atoms. The molecule has 0 atom stereocenters. The number of nitrogens with zero attached hydrogens (tertiary/aromatic N) is 2. The third kappa shape index (κ3) is 3.71. The third-order valence-corrected chi connectivity index (χ3v) is 5.72. The molecule has 5 nitrogen and oxygen atoms in total. The maximum atomic E-state index is 13.3. The highest BCUT2D eigenvalue weighted by Gasteiger charge is 2.24. The minimum Gasteiger partial charge on any atom is -0.497 e. The van der Waals surface area contributed by atoms with Gasteiger partial charge in [0.1, 0.15) is 11.5 Å². The fraction of sp³-hybridized carbons (Fsp3) is 0.100. The Morgan fingerprint density at radius 1 is 1.21 bits per heavy atom. The molecule has 0 unspecified atom stereocenters. The fourth-order valence-corrected chi connectivity index (χ4v) is 4.16. The molecule has 0 radical (unpaired) electrons. The number of benzene rings is 2. The number of anilines is 1. The number of carbonyl (C=O) groups is 1. The van der Waals surface area contributed by atoms with Gasteiger partial charge in [-0.05, 0) is 42.5 Å². The first-order chi connectivity index (χ1) is 13.5. The quantitative estimate of drug-likeness (QED) is 0.384. The molecule has 0 saturated heterocycles. The van der Waals surface area contributed by atoms with Gasteiger partial charge < -0.3 is 9.15 Å². The summed E-state index contributed by atoms with van der Waals surface area (Å²) in [6.07, 6.45) is 1.57. The number of carbonyl (C=O) groups excluding carboxylic acids is 1. The van der Waals surface area contributed by atoms with Gasteiger partial charge in [0, 0.05) is 11.1 Å². The Bertz CT molecular complexity index is 1140. The van der Waals surface area contributed by atoms with Gasteiger partial charge in [-0.3, -0.25) is 9.69 Å². The fourth-order valence-electron chi connectivity index (χ4n) is 2.73. The Hall–Kier alpha value is -2.54. The lowest BCUT2D eigenvalue weighted by molar-refractivity contribution is 0.0983. The molecule has 0 aliphatic carbocycles. The molecule has 0 aliphatic rings. The van der Waals surface area contributed by atoms with E-state index in [2.05, 4.69) is 4.98 Å². The van der Waals surface area contributed by atoms with Crippen LogP contribution in [0.1, 0.15) is 16.1 Å². The van der Waals surface area contributed by atoms with Crippen LogP contribution < -0.4 is 9.64 Å². The number of aromatic nitrogens is 1. The van der Waals surface area contributed by atoms with Crippen LogP contribution in [0.5, 0.6) is 5.75 Å². The number of thiazole rings is 1. The standard InChI is InChI=1S/C20H14Cl2N2O3S/c1-26-13-5-7-18-17(10-13)23-20(28-18)24(11-14-3-2-8-27-14)19(25)15-6-4-12(21)9-16(15)22/h2-10H,11H2,1H3. The number of furan rings is 1. The normalized spacial score (nSPS) is 11.0. The number of ether oxygens (including phenoxy) is 1. The van der Waals surface area contributed by atoms with E-state index in [1.165, 1.54) is 11.3 Å². The summed E-state index contributed by atoms with van der Waals surface area (Å²) in [6, 6.07) is 14.0. The first-order valence-electron chi connectivity index (χ1n) is 8.29. The van der Waals surface area contributed by atoms with Crippen molar-refractivity contribution in [2.24, 2.45) is 0 Å². The van der Waals surface area contributed by atoms with Crippen LogP contribution in [0.25, 0.3) is 10.2 Å². The largest absolute Gasteiger partial charge is 0.497 e. The van der Waals surface area contributed by atoms with Gasteiger partial charge in [-0.1, -0.05) is 34.5 Å². The number of amides is 1. The van der Waals surface area contributed by atoms with Crippen LogP contribution in [0.15, 0.2) is 59.2 Å². The molecule has 2 heterocycles. The smallest absolute Gasteiger partial charge is 0.262 e. The van der Waals surface area contributed by atoms with E-state index in [-0.39, 0.29) is 17.5 Å². The van der Waals surface area contributed by atoms with Crippen molar-refractivity contribution in [2.45, 2.75) is 6.54 Å². The Balaban J connectivity index is 1.78. The van der Waals surface area contributed by atoms with E-state index < -0.39 is 0 Å². The molecular formula is C20H14Cl2N2O3S. The van der Waals surface area contributed by atoms with Crippen molar-refractivity contribution in [1.82, 2.24) is 4.98 Å². The van der Waals surface area contributed by atoms with Crippen LogP contribution in [0.4, 0.5) is 5.13 Å². The zero-order valence-corrected chi connectivity index (χ0v) is 17.0. The highest BCUT2D eigenvalue weighted by atomic mass is 35.5. The predicted molar refractivity (Wildman–Crippen MR) is 112 cm³/mol. The molecule has 0 bridgehead atoms. The number of hydrogen-bond donors (Lipinski definition) is 0. The van der Waals surface area contributed by atoms with Crippen molar-refractivity contribution in [3.05, 3.63) is 76.2 Å². The summed E-state index contributed by atoms with van der Waals surface area (Å²) in [5.74, 6) is 1.05. The van der Waals surface area contributed by atoms with Crippen LogP contribution in [-0.2, 0) is 6.54 Å². The molecule has 8 heteroatoms.